The summed E-state index contributed by atoms with van der Waals surface area (Å²) in [7, 11) is 0. The van der Waals surface area contributed by atoms with Crippen LogP contribution in [0, 0.1) is 5.82 Å². The monoisotopic (exact) mass is 267 g/mol. The third-order valence-corrected chi connectivity index (χ3v) is 2.85. The minimum absolute atomic E-state index is 0.361. The fourth-order valence-electron chi connectivity index (χ4n) is 1.97. The molecule has 0 aliphatic carbocycles. The highest BCUT2D eigenvalue weighted by molar-refractivity contribution is 5.77. The minimum Gasteiger partial charge on any atom is -0.244 e. The highest BCUT2D eigenvalue weighted by Gasteiger charge is 2.12. The van der Waals surface area contributed by atoms with Gasteiger partial charge in [-0.2, -0.15) is 10.1 Å². The Kier molecular flexibility index (Phi) is 3.09. The Labute approximate surface area is 114 Å². The quantitative estimate of drug-likeness (QED) is 0.776. The van der Waals surface area contributed by atoms with Gasteiger partial charge in [0.1, 0.15) is 17.2 Å². The Morgan fingerprint density at radius 2 is 1.65 bits per heavy atom. The summed E-state index contributed by atoms with van der Waals surface area (Å²) in [5, 5.41) is 6.34. The molecule has 0 radical (unpaired) electrons. The Hall–Kier alpha value is -2.82. The molecule has 2 aromatic carbocycles. The minimum atomic E-state index is -0.566. The normalized spacial score (nSPS) is 10.4. The number of rotatable bonds is 2. The van der Waals surface area contributed by atoms with Crippen molar-refractivity contribution in [3.8, 4) is 22.5 Å². The van der Waals surface area contributed by atoms with Crippen molar-refractivity contribution < 1.29 is 4.39 Å². The molecule has 1 aromatic heterocycles. The van der Waals surface area contributed by atoms with E-state index in [1.54, 1.807) is 12.1 Å². The Morgan fingerprint density at radius 3 is 2.40 bits per heavy atom. The predicted octanol–water partition coefficient (Wildman–Crippen LogP) is 2.64. The van der Waals surface area contributed by atoms with Crippen molar-refractivity contribution in [2.75, 3.05) is 0 Å². The number of hydrogen-bond donors (Lipinski definition) is 1. The van der Waals surface area contributed by atoms with Gasteiger partial charge in [0, 0.05) is 11.1 Å². The lowest BCUT2D eigenvalue weighted by molar-refractivity contribution is 0.628. The van der Waals surface area contributed by atoms with Crippen LogP contribution < -0.4 is 5.69 Å². The molecule has 0 saturated heterocycles. The Morgan fingerprint density at radius 1 is 0.900 bits per heavy atom. The van der Waals surface area contributed by atoms with Gasteiger partial charge < -0.3 is 0 Å². The molecule has 4 nitrogen and oxygen atoms in total. The number of aromatic amines is 1. The molecule has 1 heterocycles. The lowest BCUT2D eigenvalue weighted by Crippen LogP contribution is -2.14. The van der Waals surface area contributed by atoms with Crippen molar-refractivity contribution in [2.24, 2.45) is 0 Å². The van der Waals surface area contributed by atoms with Gasteiger partial charge in [-0.3, -0.25) is 0 Å². The van der Waals surface area contributed by atoms with Crippen LogP contribution in [0.2, 0.25) is 0 Å². The van der Waals surface area contributed by atoms with Crippen LogP contribution in [0.3, 0.4) is 0 Å². The van der Waals surface area contributed by atoms with E-state index in [0.717, 1.165) is 5.56 Å². The third-order valence-electron chi connectivity index (χ3n) is 2.85. The average molecular weight is 267 g/mol. The van der Waals surface area contributed by atoms with Crippen LogP contribution in [0.15, 0.2) is 59.4 Å². The Balaban J connectivity index is 2.25. The van der Waals surface area contributed by atoms with Gasteiger partial charge in [0.25, 0.3) is 0 Å². The van der Waals surface area contributed by atoms with E-state index >= 15 is 0 Å². The number of aromatic nitrogens is 3. The average Bonchev–Trinajstić information content (AvgIpc) is 2.48. The van der Waals surface area contributed by atoms with Crippen LogP contribution in [0.1, 0.15) is 0 Å². The standard InChI is InChI=1S/C15H10FN3O/c16-12-8-4-7-11(9-12)13-14(18-19-15(20)17-13)10-5-2-1-3-6-10/h1-9H,(H,17,19,20). The first-order valence-electron chi connectivity index (χ1n) is 6.02. The number of benzene rings is 2. The maximum Gasteiger partial charge on any atom is 0.361 e. The second-order valence-electron chi connectivity index (χ2n) is 4.21. The molecule has 0 saturated carbocycles. The summed E-state index contributed by atoms with van der Waals surface area (Å²) >= 11 is 0. The largest absolute Gasteiger partial charge is 0.361 e. The van der Waals surface area contributed by atoms with Crippen molar-refractivity contribution >= 4 is 0 Å². The summed E-state index contributed by atoms with van der Waals surface area (Å²) < 4.78 is 13.4. The van der Waals surface area contributed by atoms with E-state index in [9.17, 15) is 9.18 Å². The van der Waals surface area contributed by atoms with Crippen LogP contribution in [-0.4, -0.2) is 15.2 Å². The molecule has 0 amide bonds. The number of halogens is 1. The van der Waals surface area contributed by atoms with E-state index in [2.05, 4.69) is 15.2 Å². The van der Waals surface area contributed by atoms with Crippen molar-refractivity contribution in [1.29, 1.82) is 0 Å². The molecule has 5 heteroatoms. The smallest absolute Gasteiger partial charge is 0.244 e. The fraction of sp³-hybridized carbons (Fsp3) is 0. The van der Waals surface area contributed by atoms with Crippen molar-refractivity contribution in [3.63, 3.8) is 0 Å². The molecule has 98 valence electrons. The van der Waals surface area contributed by atoms with Gasteiger partial charge >= 0.3 is 5.69 Å². The molecule has 3 aromatic rings. The summed E-state index contributed by atoms with van der Waals surface area (Å²) in [5.74, 6) is -0.386. The number of H-pyrrole nitrogens is 1. The summed E-state index contributed by atoms with van der Waals surface area (Å²) in [6.45, 7) is 0. The molecule has 0 fully saturated rings. The van der Waals surface area contributed by atoms with E-state index < -0.39 is 5.69 Å². The van der Waals surface area contributed by atoms with Gasteiger partial charge in [0.2, 0.25) is 0 Å². The maximum absolute atomic E-state index is 13.4. The topological polar surface area (TPSA) is 58.6 Å². The van der Waals surface area contributed by atoms with E-state index in [1.807, 2.05) is 30.3 Å². The molecule has 0 spiro atoms. The van der Waals surface area contributed by atoms with Gasteiger partial charge in [-0.25, -0.2) is 14.3 Å². The van der Waals surface area contributed by atoms with E-state index in [0.29, 0.717) is 17.0 Å². The fourth-order valence-corrected chi connectivity index (χ4v) is 1.97. The summed E-state index contributed by atoms with van der Waals surface area (Å²) in [6.07, 6.45) is 0. The number of nitrogens with zero attached hydrogens (tertiary/aromatic N) is 2. The van der Waals surface area contributed by atoms with Gasteiger partial charge in [-0.1, -0.05) is 42.5 Å². The second-order valence-corrected chi connectivity index (χ2v) is 4.21. The van der Waals surface area contributed by atoms with Gasteiger partial charge in [-0.05, 0) is 12.1 Å². The molecule has 0 aliphatic rings. The zero-order valence-electron chi connectivity index (χ0n) is 10.4. The second kappa shape index (κ2) is 5.05. The van der Waals surface area contributed by atoms with Crippen molar-refractivity contribution in [1.82, 2.24) is 15.2 Å². The first-order chi connectivity index (χ1) is 9.74. The molecule has 0 bridgehead atoms. The number of hydrogen-bond acceptors (Lipinski definition) is 3. The zero-order chi connectivity index (χ0) is 13.9. The molecular formula is C15H10FN3O. The van der Waals surface area contributed by atoms with E-state index in [-0.39, 0.29) is 5.82 Å². The maximum atomic E-state index is 13.4. The van der Waals surface area contributed by atoms with Crippen LogP contribution in [-0.2, 0) is 0 Å². The van der Waals surface area contributed by atoms with Gasteiger partial charge in [0.05, 0.1) is 0 Å². The van der Waals surface area contributed by atoms with Gasteiger partial charge in [-0.15, -0.1) is 0 Å². The van der Waals surface area contributed by atoms with Crippen molar-refractivity contribution in [3.05, 3.63) is 70.9 Å². The van der Waals surface area contributed by atoms with Crippen LogP contribution in [0.5, 0.6) is 0 Å². The van der Waals surface area contributed by atoms with Crippen LogP contribution in [0.4, 0.5) is 4.39 Å². The molecule has 20 heavy (non-hydrogen) atoms. The number of nitrogens with one attached hydrogen (secondary N) is 1. The van der Waals surface area contributed by atoms with E-state index in [4.69, 9.17) is 0 Å². The SMILES string of the molecule is O=c1nc(-c2cccc(F)c2)c(-c2ccccc2)n[nH]1. The molecular weight excluding hydrogens is 257 g/mol. The summed E-state index contributed by atoms with van der Waals surface area (Å²) in [4.78, 5) is 15.3. The third kappa shape index (κ3) is 2.33. The highest BCUT2D eigenvalue weighted by atomic mass is 19.1. The Bertz CT molecular complexity index is 799. The lowest BCUT2D eigenvalue weighted by Gasteiger charge is -2.06. The van der Waals surface area contributed by atoms with Crippen LogP contribution in [0.25, 0.3) is 22.5 Å². The predicted molar refractivity (Wildman–Crippen MR) is 73.5 cm³/mol. The lowest BCUT2D eigenvalue weighted by atomic mass is 10.0. The molecule has 3 rings (SSSR count). The van der Waals surface area contributed by atoms with E-state index in [1.165, 1.54) is 12.1 Å². The molecule has 0 unspecified atom stereocenters. The van der Waals surface area contributed by atoms with Crippen LogP contribution >= 0.6 is 0 Å². The zero-order valence-corrected chi connectivity index (χ0v) is 10.4. The highest BCUT2D eigenvalue weighted by Crippen LogP contribution is 2.27. The first kappa shape index (κ1) is 12.2. The summed E-state index contributed by atoms with van der Waals surface area (Å²) in [5.41, 5.74) is 1.62. The molecule has 0 atom stereocenters. The first-order valence-corrected chi connectivity index (χ1v) is 6.02. The van der Waals surface area contributed by atoms with Gasteiger partial charge in [0.15, 0.2) is 0 Å². The molecule has 1 N–H and O–H groups in total. The van der Waals surface area contributed by atoms with Crippen molar-refractivity contribution in [2.45, 2.75) is 0 Å². The molecule has 0 aliphatic heterocycles. The summed E-state index contributed by atoms with van der Waals surface area (Å²) in [6, 6.07) is 15.2.